The van der Waals surface area contributed by atoms with E-state index in [9.17, 15) is 4.79 Å². The fourth-order valence-corrected chi connectivity index (χ4v) is 7.55. The molecule has 3 aliphatic rings. The predicted molar refractivity (Wildman–Crippen MR) is 148 cm³/mol. The lowest BCUT2D eigenvalue weighted by Crippen LogP contribution is -2.49. The SMILES string of the molecule is CCc1ccc(C(=O)N2CCN(c3nc(C4CCCCC4)nc4sc5c(c34)CCCCC5)CC2)cc1. The molecule has 0 N–H and O–H groups in total. The number of piperazine rings is 1. The molecular formula is C30H38N4OS. The van der Waals surface area contributed by atoms with E-state index in [4.69, 9.17) is 9.97 Å². The number of nitrogens with zero attached hydrogens (tertiary/aromatic N) is 4. The van der Waals surface area contributed by atoms with Gasteiger partial charge in [-0.2, -0.15) is 0 Å². The van der Waals surface area contributed by atoms with E-state index >= 15 is 0 Å². The van der Waals surface area contributed by atoms with Crippen molar-refractivity contribution >= 4 is 33.3 Å². The van der Waals surface area contributed by atoms with Crippen molar-refractivity contribution in [1.29, 1.82) is 0 Å². The third-order valence-corrected chi connectivity index (χ3v) is 9.69. The van der Waals surface area contributed by atoms with Gasteiger partial charge in [-0.1, -0.05) is 44.7 Å². The summed E-state index contributed by atoms with van der Waals surface area (Å²) < 4.78 is 0. The first kappa shape index (κ1) is 23.9. The summed E-state index contributed by atoms with van der Waals surface area (Å²) in [6, 6.07) is 8.13. The van der Waals surface area contributed by atoms with Gasteiger partial charge in [-0.3, -0.25) is 4.79 Å². The van der Waals surface area contributed by atoms with Crippen molar-refractivity contribution in [2.75, 3.05) is 31.1 Å². The van der Waals surface area contributed by atoms with Gasteiger partial charge < -0.3 is 9.80 Å². The fraction of sp³-hybridized carbons (Fsp3) is 0.567. The zero-order valence-electron chi connectivity index (χ0n) is 21.6. The van der Waals surface area contributed by atoms with Gasteiger partial charge in [-0.15, -0.1) is 11.3 Å². The molecule has 1 aliphatic heterocycles. The minimum absolute atomic E-state index is 0.150. The number of anilines is 1. The number of thiophene rings is 1. The van der Waals surface area contributed by atoms with Crippen molar-refractivity contribution in [2.24, 2.45) is 0 Å². The third-order valence-electron chi connectivity index (χ3n) is 8.51. The van der Waals surface area contributed by atoms with Gasteiger partial charge in [-0.05, 0) is 68.2 Å². The molecule has 0 atom stereocenters. The van der Waals surface area contributed by atoms with Crippen LogP contribution in [0, 0.1) is 0 Å². The van der Waals surface area contributed by atoms with Crippen LogP contribution in [0.3, 0.4) is 0 Å². The van der Waals surface area contributed by atoms with Crippen LogP contribution in [-0.4, -0.2) is 47.0 Å². The highest BCUT2D eigenvalue weighted by atomic mass is 32.1. The third kappa shape index (κ3) is 4.65. The number of rotatable bonds is 4. The van der Waals surface area contributed by atoms with E-state index in [1.165, 1.54) is 79.1 Å². The molecule has 0 radical (unpaired) electrons. The summed E-state index contributed by atoms with van der Waals surface area (Å²) in [5, 5.41) is 1.33. The van der Waals surface area contributed by atoms with Crippen molar-refractivity contribution in [3.05, 3.63) is 51.7 Å². The Hall–Kier alpha value is -2.47. The summed E-state index contributed by atoms with van der Waals surface area (Å²) in [6.45, 7) is 5.29. The monoisotopic (exact) mass is 502 g/mol. The average molecular weight is 503 g/mol. The van der Waals surface area contributed by atoms with Crippen LogP contribution in [0.15, 0.2) is 24.3 Å². The standard InChI is InChI=1S/C30H38N4OS/c1-2-21-13-15-23(16-14-21)30(35)34-19-17-33(18-20-34)28-26-24-11-7-4-8-12-25(24)36-29(26)32-27(31-28)22-9-5-3-6-10-22/h13-16,22H,2-12,17-20H2,1H3. The summed E-state index contributed by atoms with van der Waals surface area (Å²) >= 11 is 1.93. The molecule has 5 nitrogen and oxygen atoms in total. The Bertz CT molecular complexity index is 1220. The Morgan fingerprint density at radius 2 is 1.64 bits per heavy atom. The lowest BCUT2D eigenvalue weighted by atomic mass is 9.88. The van der Waals surface area contributed by atoms with E-state index in [0.717, 1.165) is 56.2 Å². The van der Waals surface area contributed by atoms with Gasteiger partial charge in [0.25, 0.3) is 5.91 Å². The van der Waals surface area contributed by atoms with Gasteiger partial charge in [0.2, 0.25) is 0 Å². The van der Waals surface area contributed by atoms with Gasteiger partial charge in [0.1, 0.15) is 16.5 Å². The molecule has 6 rings (SSSR count). The van der Waals surface area contributed by atoms with Crippen LogP contribution >= 0.6 is 11.3 Å². The summed E-state index contributed by atoms with van der Waals surface area (Å²) in [7, 11) is 0. The number of amides is 1. The summed E-state index contributed by atoms with van der Waals surface area (Å²) in [5.41, 5.74) is 3.59. The quantitative estimate of drug-likeness (QED) is 0.381. The number of benzene rings is 1. The first-order valence-corrected chi connectivity index (χ1v) is 15.0. The van der Waals surface area contributed by atoms with E-state index in [1.54, 1.807) is 4.88 Å². The Labute approximate surface area is 218 Å². The van der Waals surface area contributed by atoms with E-state index in [2.05, 4.69) is 24.0 Å². The molecule has 2 aliphatic carbocycles. The van der Waals surface area contributed by atoms with Crippen LogP contribution in [0.2, 0.25) is 0 Å². The maximum absolute atomic E-state index is 13.2. The molecule has 0 spiro atoms. The summed E-state index contributed by atoms with van der Waals surface area (Å²) in [4.78, 5) is 30.9. The number of carbonyl (C=O) groups is 1. The minimum Gasteiger partial charge on any atom is -0.352 e. The second-order valence-electron chi connectivity index (χ2n) is 10.8. The molecule has 1 amide bonds. The topological polar surface area (TPSA) is 49.3 Å². The van der Waals surface area contributed by atoms with E-state index in [-0.39, 0.29) is 5.91 Å². The molecule has 1 saturated carbocycles. The van der Waals surface area contributed by atoms with Crippen LogP contribution in [0.1, 0.15) is 96.4 Å². The van der Waals surface area contributed by atoms with Gasteiger partial charge in [0.05, 0.1) is 5.39 Å². The smallest absolute Gasteiger partial charge is 0.253 e. The molecule has 6 heteroatoms. The highest BCUT2D eigenvalue weighted by molar-refractivity contribution is 7.19. The molecule has 2 fully saturated rings. The molecule has 2 aromatic heterocycles. The van der Waals surface area contributed by atoms with Gasteiger partial charge >= 0.3 is 0 Å². The maximum atomic E-state index is 13.2. The lowest BCUT2D eigenvalue weighted by molar-refractivity contribution is 0.0746. The second kappa shape index (κ2) is 10.5. The maximum Gasteiger partial charge on any atom is 0.253 e. The normalized spacial score (nSPS) is 19.4. The zero-order valence-corrected chi connectivity index (χ0v) is 22.4. The van der Waals surface area contributed by atoms with Crippen molar-refractivity contribution in [3.63, 3.8) is 0 Å². The lowest BCUT2D eigenvalue weighted by Gasteiger charge is -2.36. The van der Waals surface area contributed by atoms with Crippen LogP contribution in [0.25, 0.3) is 10.2 Å². The number of aryl methyl sites for hydroxylation is 3. The van der Waals surface area contributed by atoms with Crippen molar-refractivity contribution in [3.8, 4) is 0 Å². The highest BCUT2D eigenvalue weighted by Gasteiger charge is 2.29. The van der Waals surface area contributed by atoms with Gasteiger partial charge in [-0.25, -0.2) is 9.97 Å². The summed E-state index contributed by atoms with van der Waals surface area (Å²) in [6.07, 6.45) is 13.6. The Balaban J connectivity index is 1.28. The first-order valence-electron chi connectivity index (χ1n) is 14.2. The Morgan fingerprint density at radius 3 is 2.39 bits per heavy atom. The fourth-order valence-electron chi connectivity index (χ4n) is 6.29. The predicted octanol–water partition coefficient (Wildman–Crippen LogP) is 6.53. The average Bonchev–Trinajstić information content (AvgIpc) is 3.13. The van der Waals surface area contributed by atoms with Gasteiger partial charge in [0.15, 0.2) is 0 Å². The summed E-state index contributed by atoms with van der Waals surface area (Å²) in [5.74, 6) is 2.87. The first-order chi connectivity index (χ1) is 17.7. The van der Waals surface area contributed by atoms with Crippen molar-refractivity contribution in [1.82, 2.24) is 14.9 Å². The van der Waals surface area contributed by atoms with E-state index in [0.29, 0.717) is 5.92 Å². The minimum atomic E-state index is 0.150. The van der Waals surface area contributed by atoms with Gasteiger partial charge in [0, 0.05) is 42.5 Å². The number of fused-ring (bicyclic) bond motifs is 3. The molecule has 190 valence electrons. The van der Waals surface area contributed by atoms with E-state index in [1.807, 2.05) is 28.4 Å². The highest BCUT2D eigenvalue weighted by Crippen LogP contribution is 2.41. The molecule has 36 heavy (non-hydrogen) atoms. The van der Waals surface area contributed by atoms with Crippen LogP contribution in [0.5, 0.6) is 0 Å². The molecule has 1 aromatic carbocycles. The van der Waals surface area contributed by atoms with Crippen molar-refractivity contribution in [2.45, 2.75) is 83.5 Å². The molecular weight excluding hydrogens is 464 g/mol. The number of hydrogen-bond donors (Lipinski definition) is 0. The molecule has 1 saturated heterocycles. The number of aromatic nitrogens is 2. The van der Waals surface area contributed by atoms with Crippen LogP contribution in [0.4, 0.5) is 5.82 Å². The Morgan fingerprint density at radius 1 is 0.917 bits per heavy atom. The largest absolute Gasteiger partial charge is 0.352 e. The van der Waals surface area contributed by atoms with E-state index < -0.39 is 0 Å². The molecule has 0 bridgehead atoms. The van der Waals surface area contributed by atoms with Crippen LogP contribution in [-0.2, 0) is 19.3 Å². The second-order valence-corrected chi connectivity index (χ2v) is 11.9. The zero-order chi connectivity index (χ0) is 24.5. The number of carbonyl (C=O) groups excluding carboxylic acids is 1. The van der Waals surface area contributed by atoms with Crippen molar-refractivity contribution < 1.29 is 4.79 Å². The Kier molecular flexibility index (Phi) is 6.96. The molecule has 0 unspecified atom stereocenters. The van der Waals surface area contributed by atoms with Crippen LogP contribution < -0.4 is 4.90 Å². The molecule has 3 aromatic rings. The number of hydrogen-bond acceptors (Lipinski definition) is 5. The molecule has 3 heterocycles.